The van der Waals surface area contributed by atoms with E-state index >= 15 is 0 Å². The molecular weight excluding hydrogens is 246 g/mol. The van der Waals surface area contributed by atoms with E-state index in [1.54, 1.807) is 14.0 Å². The third kappa shape index (κ3) is 2.47. The molecule has 0 radical (unpaired) electrons. The minimum atomic E-state index is -0.599. The summed E-state index contributed by atoms with van der Waals surface area (Å²) in [4.78, 5) is 0. The Kier molecular flexibility index (Phi) is 3.92. The molecule has 14 heavy (non-hydrogen) atoms. The summed E-state index contributed by atoms with van der Waals surface area (Å²) in [6, 6.07) is 5.12. The van der Waals surface area contributed by atoms with E-state index in [-0.39, 0.29) is 0 Å². The van der Waals surface area contributed by atoms with Gasteiger partial charge >= 0.3 is 0 Å². The zero-order chi connectivity index (χ0) is 10.7. The molecule has 0 saturated heterocycles. The van der Waals surface area contributed by atoms with Gasteiger partial charge in [0.1, 0.15) is 5.75 Å². The number of hydrogen-bond donors (Lipinski definition) is 2. The molecule has 0 aromatic heterocycles. The summed E-state index contributed by atoms with van der Waals surface area (Å²) in [5, 5.41) is 9.39. The molecule has 0 fully saturated rings. The van der Waals surface area contributed by atoms with Crippen molar-refractivity contribution in [3.63, 3.8) is 0 Å². The molecule has 0 heterocycles. The predicted octanol–water partition coefficient (Wildman–Crippen LogP) is 1.84. The molecule has 0 aliphatic carbocycles. The van der Waals surface area contributed by atoms with Gasteiger partial charge in [-0.1, -0.05) is 15.9 Å². The first kappa shape index (κ1) is 11.5. The number of aliphatic hydroxyl groups excluding tert-OH is 1. The Bertz CT molecular complexity index is 315. The molecule has 2 atom stereocenters. The summed E-state index contributed by atoms with van der Waals surface area (Å²) in [6.07, 6.45) is -0.599. The highest BCUT2D eigenvalue weighted by atomic mass is 79.9. The molecule has 78 valence electrons. The van der Waals surface area contributed by atoms with Crippen LogP contribution in [0.1, 0.15) is 18.5 Å². The van der Waals surface area contributed by atoms with E-state index in [1.807, 2.05) is 18.2 Å². The van der Waals surface area contributed by atoms with Crippen LogP contribution in [-0.2, 0) is 0 Å². The molecule has 3 nitrogen and oxygen atoms in total. The normalized spacial score (nSPS) is 14.9. The number of ether oxygens (including phenoxy) is 1. The third-order valence-corrected chi connectivity index (χ3v) is 2.56. The van der Waals surface area contributed by atoms with Crippen molar-refractivity contribution in [1.29, 1.82) is 0 Å². The van der Waals surface area contributed by atoms with Crippen molar-refractivity contribution in [3.8, 4) is 5.75 Å². The Morgan fingerprint density at radius 2 is 2.14 bits per heavy atom. The van der Waals surface area contributed by atoms with Crippen molar-refractivity contribution >= 4 is 15.9 Å². The maximum atomic E-state index is 9.39. The first-order valence-corrected chi connectivity index (χ1v) is 5.12. The van der Waals surface area contributed by atoms with Crippen LogP contribution >= 0.6 is 15.9 Å². The molecule has 1 rings (SSSR count). The van der Waals surface area contributed by atoms with E-state index in [4.69, 9.17) is 10.5 Å². The number of rotatable bonds is 3. The largest absolute Gasteiger partial charge is 0.496 e. The highest BCUT2D eigenvalue weighted by Crippen LogP contribution is 2.28. The van der Waals surface area contributed by atoms with Gasteiger partial charge in [0, 0.05) is 10.0 Å². The summed E-state index contributed by atoms with van der Waals surface area (Å²) in [5.41, 5.74) is 6.63. The van der Waals surface area contributed by atoms with Crippen LogP contribution in [-0.4, -0.2) is 18.3 Å². The van der Waals surface area contributed by atoms with E-state index in [2.05, 4.69) is 15.9 Å². The quantitative estimate of drug-likeness (QED) is 0.871. The molecule has 0 spiro atoms. The van der Waals surface area contributed by atoms with Gasteiger partial charge in [-0.2, -0.15) is 0 Å². The van der Waals surface area contributed by atoms with Crippen LogP contribution in [0.2, 0.25) is 0 Å². The third-order valence-electron chi connectivity index (χ3n) is 2.07. The van der Waals surface area contributed by atoms with Crippen LogP contribution in [0.25, 0.3) is 0 Å². The van der Waals surface area contributed by atoms with Gasteiger partial charge in [0.15, 0.2) is 0 Å². The maximum absolute atomic E-state index is 9.39. The molecular formula is C10H14BrNO2. The lowest BCUT2D eigenvalue weighted by atomic mass is 10.0. The van der Waals surface area contributed by atoms with Crippen molar-refractivity contribution < 1.29 is 9.84 Å². The number of hydrogen-bond acceptors (Lipinski definition) is 3. The van der Waals surface area contributed by atoms with Gasteiger partial charge in [-0.15, -0.1) is 0 Å². The fraction of sp³-hybridized carbons (Fsp3) is 0.400. The second-order valence-corrected chi connectivity index (χ2v) is 4.07. The molecule has 0 aliphatic rings. The van der Waals surface area contributed by atoms with Crippen molar-refractivity contribution in [3.05, 3.63) is 28.2 Å². The second-order valence-electron chi connectivity index (χ2n) is 3.15. The minimum Gasteiger partial charge on any atom is -0.496 e. The van der Waals surface area contributed by atoms with Gasteiger partial charge in [0.25, 0.3) is 0 Å². The van der Waals surface area contributed by atoms with Crippen LogP contribution in [0.15, 0.2) is 22.7 Å². The number of aliphatic hydroxyl groups is 1. The van der Waals surface area contributed by atoms with E-state index in [0.29, 0.717) is 5.75 Å². The zero-order valence-corrected chi connectivity index (χ0v) is 9.78. The number of benzene rings is 1. The van der Waals surface area contributed by atoms with E-state index < -0.39 is 12.1 Å². The van der Waals surface area contributed by atoms with Crippen molar-refractivity contribution in [1.82, 2.24) is 0 Å². The first-order valence-electron chi connectivity index (χ1n) is 4.33. The lowest BCUT2D eigenvalue weighted by Gasteiger charge is -2.18. The molecule has 2 unspecified atom stereocenters. The Morgan fingerprint density at radius 3 is 2.64 bits per heavy atom. The second kappa shape index (κ2) is 4.77. The lowest BCUT2D eigenvalue weighted by molar-refractivity contribution is 0.162. The summed E-state index contributed by atoms with van der Waals surface area (Å²) >= 11 is 3.35. The summed E-state index contributed by atoms with van der Waals surface area (Å²) in [5.74, 6) is 0.696. The van der Waals surface area contributed by atoms with E-state index in [0.717, 1.165) is 10.0 Å². The number of methoxy groups -OCH3 is 1. The monoisotopic (exact) mass is 259 g/mol. The molecule has 3 N–H and O–H groups in total. The fourth-order valence-electron chi connectivity index (χ4n) is 1.23. The molecule has 4 heteroatoms. The standard InChI is InChI=1S/C10H14BrNO2/c1-6(13)10(12)8-5-7(11)3-4-9(8)14-2/h3-6,10,13H,12H2,1-2H3. The average Bonchev–Trinajstić information content (AvgIpc) is 2.16. The molecule has 0 saturated carbocycles. The van der Waals surface area contributed by atoms with Crippen LogP contribution in [0.4, 0.5) is 0 Å². The van der Waals surface area contributed by atoms with Gasteiger partial charge in [0.05, 0.1) is 19.3 Å². The zero-order valence-electron chi connectivity index (χ0n) is 8.20. The van der Waals surface area contributed by atoms with Crippen LogP contribution in [0.3, 0.4) is 0 Å². The highest BCUT2D eigenvalue weighted by molar-refractivity contribution is 9.10. The van der Waals surface area contributed by atoms with Gasteiger partial charge in [0.2, 0.25) is 0 Å². The number of nitrogens with two attached hydrogens (primary N) is 1. The van der Waals surface area contributed by atoms with E-state index in [9.17, 15) is 5.11 Å². The topological polar surface area (TPSA) is 55.5 Å². The molecule has 1 aromatic carbocycles. The smallest absolute Gasteiger partial charge is 0.123 e. The van der Waals surface area contributed by atoms with Crippen molar-refractivity contribution in [2.75, 3.05) is 7.11 Å². The Balaban J connectivity index is 3.10. The summed E-state index contributed by atoms with van der Waals surface area (Å²) in [6.45, 7) is 1.66. The lowest BCUT2D eigenvalue weighted by Crippen LogP contribution is -2.23. The van der Waals surface area contributed by atoms with Gasteiger partial charge in [-0.05, 0) is 25.1 Å². The highest BCUT2D eigenvalue weighted by Gasteiger charge is 2.16. The minimum absolute atomic E-state index is 0.428. The number of halogens is 1. The van der Waals surface area contributed by atoms with Crippen LogP contribution in [0, 0.1) is 0 Å². The average molecular weight is 260 g/mol. The van der Waals surface area contributed by atoms with E-state index in [1.165, 1.54) is 0 Å². The van der Waals surface area contributed by atoms with Crippen LogP contribution in [0.5, 0.6) is 5.75 Å². The molecule has 0 bridgehead atoms. The maximum Gasteiger partial charge on any atom is 0.123 e. The Morgan fingerprint density at radius 1 is 1.50 bits per heavy atom. The van der Waals surface area contributed by atoms with Crippen molar-refractivity contribution in [2.45, 2.75) is 19.1 Å². The summed E-state index contributed by atoms with van der Waals surface area (Å²) in [7, 11) is 1.58. The van der Waals surface area contributed by atoms with Gasteiger partial charge in [-0.3, -0.25) is 0 Å². The summed E-state index contributed by atoms with van der Waals surface area (Å²) < 4.78 is 6.08. The molecule has 1 aromatic rings. The fourth-order valence-corrected chi connectivity index (χ4v) is 1.60. The van der Waals surface area contributed by atoms with Crippen LogP contribution < -0.4 is 10.5 Å². The first-order chi connectivity index (χ1) is 6.56. The Labute approximate surface area is 92.0 Å². The van der Waals surface area contributed by atoms with Gasteiger partial charge < -0.3 is 15.6 Å². The van der Waals surface area contributed by atoms with Gasteiger partial charge in [-0.25, -0.2) is 0 Å². The SMILES string of the molecule is COc1ccc(Br)cc1C(N)C(C)O. The molecule has 0 aliphatic heterocycles. The Hall–Kier alpha value is -0.580. The molecule has 0 amide bonds. The predicted molar refractivity (Wildman–Crippen MR) is 59.3 cm³/mol. The van der Waals surface area contributed by atoms with Crippen molar-refractivity contribution in [2.24, 2.45) is 5.73 Å².